The zero-order valence-electron chi connectivity index (χ0n) is 12.5. The van der Waals surface area contributed by atoms with E-state index in [1.54, 1.807) is 24.0 Å². The highest BCUT2D eigenvalue weighted by Crippen LogP contribution is 2.18. The van der Waals surface area contributed by atoms with E-state index in [1.165, 1.54) is 17.5 Å². The molecule has 0 spiro atoms. The van der Waals surface area contributed by atoms with Gasteiger partial charge in [0, 0.05) is 42.3 Å². The average Bonchev–Trinajstić information content (AvgIpc) is 2.94. The molecule has 0 N–H and O–H groups in total. The van der Waals surface area contributed by atoms with Crippen molar-refractivity contribution in [1.29, 1.82) is 0 Å². The number of aromatic nitrogens is 3. The van der Waals surface area contributed by atoms with E-state index >= 15 is 0 Å². The van der Waals surface area contributed by atoms with Gasteiger partial charge in [-0.05, 0) is 18.2 Å². The van der Waals surface area contributed by atoms with Crippen LogP contribution in [0.5, 0.6) is 0 Å². The van der Waals surface area contributed by atoms with Crippen molar-refractivity contribution in [3.63, 3.8) is 0 Å². The number of hydrogen-bond donors (Lipinski definition) is 0. The van der Waals surface area contributed by atoms with Crippen LogP contribution >= 0.6 is 0 Å². The summed E-state index contributed by atoms with van der Waals surface area (Å²) in [7, 11) is 1.78. The molecular formula is C17H14N4O2. The van der Waals surface area contributed by atoms with Crippen LogP contribution in [0.4, 0.5) is 5.69 Å². The lowest BCUT2D eigenvalue weighted by molar-refractivity contribution is -0.384. The Morgan fingerprint density at radius 3 is 2.57 bits per heavy atom. The van der Waals surface area contributed by atoms with Gasteiger partial charge >= 0.3 is 0 Å². The zero-order chi connectivity index (χ0) is 16.2. The van der Waals surface area contributed by atoms with Gasteiger partial charge in [0.05, 0.1) is 16.0 Å². The van der Waals surface area contributed by atoms with Crippen LogP contribution in [0, 0.1) is 10.1 Å². The lowest BCUT2D eigenvalue weighted by atomic mass is 10.2. The predicted molar refractivity (Wildman–Crippen MR) is 89.1 cm³/mol. The molecule has 0 radical (unpaired) electrons. The van der Waals surface area contributed by atoms with Crippen molar-refractivity contribution in [1.82, 2.24) is 14.8 Å². The molecule has 2 aromatic heterocycles. The summed E-state index contributed by atoms with van der Waals surface area (Å²) in [5.41, 5.74) is 1.93. The number of non-ortho nitro benzene ring substituents is 1. The Morgan fingerprint density at radius 1 is 1.00 bits per heavy atom. The van der Waals surface area contributed by atoms with E-state index in [1.807, 2.05) is 30.5 Å². The topological polar surface area (TPSA) is 73.8 Å². The lowest BCUT2D eigenvalue weighted by Crippen LogP contribution is -1.86. The molecule has 114 valence electrons. The number of nitro groups is 1. The third-order valence-electron chi connectivity index (χ3n) is 3.33. The van der Waals surface area contributed by atoms with Crippen molar-refractivity contribution < 1.29 is 4.92 Å². The summed E-state index contributed by atoms with van der Waals surface area (Å²) in [6.07, 6.45) is 3.56. The summed E-state index contributed by atoms with van der Waals surface area (Å²) in [4.78, 5) is 14.2. The Morgan fingerprint density at radius 2 is 1.78 bits per heavy atom. The number of nitro benzene ring substituents is 1. The Bertz CT molecular complexity index is 913. The fourth-order valence-electron chi connectivity index (χ4n) is 2.27. The summed E-state index contributed by atoms with van der Waals surface area (Å²) in [6.45, 7) is 0. The standard InChI is InChI=1S/C9H7N.C8H7N3O2/c1-2-6-9-8(4-1)5-3-7-10-9;1-10-5-6-4-7(11(12)13)2-3-8(6)9-10/h1-7H;2-5H,1H3. The summed E-state index contributed by atoms with van der Waals surface area (Å²) < 4.78 is 1.63. The van der Waals surface area contributed by atoms with Crippen LogP contribution in [0.15, 0.2) is 67.0 Å². The lowest BCUT2D eigenvalue weighted by Gasteiger charge is -1.91. The van der Waals surface area contributed by atoms with Gasteiger partial charge in [0.1, 0.15) is 0 Å². The number of rotatable bonds is 1. The molecule has 0 fully saturated rings. The summed E-state index contributed by atoms with van der Waals surface area (Å²) in [5, 5.41) is 16.5. The van der Waals surface area contributed by atoms with Gasteiger partial charge in [-0.2, -0.15) is 5.10 Å². The number of pyridine rings is 1. The largest absolute Gasteiger partial charge is 0.275 e. The molecule has 0 atom stereocenters. The summed E-state index contributed by atoms with van der Waals surface area (Å²) >= 11 is 0. The molecule has 0 unspecified atom stereocenters. The first kappa shape index (κ1) is 14.6. The first-order valence-corrected chi connectivity index (χ1v) is 7.01. The molecule has 0 saturated heterocycles. The number of benzene rings is 2. The smallest absolute Gasteiger partial charge is 0.270 e. The van der Waals surface area contributed by atoms with Crippen molar-refractivity contribution in [3.8, 4) is 0 Å². The summed E-state index contributed by atoms with van der Waals surface area (Å²) in [5.74, 6) is 0. The normalized spacial score (nSPS) is 10.3. The predicted octanol–water partition coefficient (Wildman–Crippen LogP) is 3.72. The molecule has 4 aromatic rings. The van der Waals surface area contributed by atoms with Crippen LogP contribution in [0.2, 0.25) is 0 Å². The average molecular weight is 306 g/mol. The first-order valence-electron chi connectivity index (χ1n) is 7.01. The highest BCUT2D eigenvalue weighted by molar-refractivity contribution is 5.80. The van der Waals surface area contributed by atoms with E-state index in [-0.39, 0.29) is 5.69 Å². The molecule has 4 rings (SSSR count). The second-order valence-corrected chi connectivity index (χ2v) is 5.00. The van der Waals surface area contributed by atoms with E-state index in [4.69, 9.17) is 0 Å². The SMILES string of the molecule is Cn1cc2cc([N+](=O)[O-])ccc2n1.c1ccc2ncccc2c1. The van der Waals surface area contributed by atoms with Gasteiger partial charge in [0.25, 0.3) is 5.69 Å². The second-order valence-electron chi connectivity index (χ2n) is 5.00. The third kappa shape index (κ3) is 3.32. The third-order valence-corrected chi connectivity index (χ3v) is 3.33. The molecule has 6 nitrogen and oxygen atoms in total. The summed E-state index contributed by atoms with van der Waals surface area (Å²) in [6, 6.07) is 16.7. The number of aryl methyl sites for hydroxylation is 1. The van der Waals surface area contributed by atoms with Crippen molar-refractivity contribution in [2.24, 2.45) is 7.05 Å². The second kappa shape index (κ2) is 6.23. The maximum absolute atomic E-state index is 10.4. The number of para-hydroxylation sites is 1. The van der Waals surface area contributed by atoms with Crippen molar-refractivity contribution in [3.05, 3.63) is 77.1 Å². The zero-order valence-corrected chi connectivity index (χ0v) is 12.5. The minimum atomic E-state index is -0.410. The molecule has 2 heterocycles. The Balaban J connectivity index is 0.000000140. The number of hydrogen-bond acceptors (Lipinski definition) is 4. The van der Waals surface area contributed by atoms with Gasteiger partial charge in [-0.1, -0.05) is 24.3 Å². The highest BCUT2D eigenvalue weighted by atomic mass is 16.6. The molecule has 2 aromatic carbocycles. The maximum Gasteiger partial charge on any atom is 0.270 e. The van der Waals surface area contributed by atoms with E-state index in [0.29, 0.717) is 0 Å². The van der Waals surface area contributed by atoms with Gasteiger partial charge in [0.15, 0.2) is 0 Å². The Labute approximate surface area is 132 Å². The van der Waals surface area contributed by atoms with Gasteiger partial charge < -0.3 is 0 Å². The molecule has 0 saturated carbocycles. The van der Waals surface area contributed by atoms with E-state index < -0.39 is 4.92 Å². The van der Waals surface area contributed by atoms with Gasteiger partial charge in [-0.15, -0.1) is 0 Å². The van der Waals surface area contributed by atoms with Crippen LogP contribution in [-0.4, -0.2) is 19.7 Å². The van der Waals surface area contributed by atoms with Crippen LogP contribution < -0.4 is 0 Å². The molecule has 0 aliphatic heterocycles. The van der Waals surface area contributed by atoms with Crippen molar-refractivity contribution >= 4 is 27.5 Å². The maximum atomic E-state index is 10.4. The van der Waals surface area contributed by atoms with Crippen molar-refractivity contribution in [2.45, 2.75) is 0 Å². The van der Waals surface area contributed by atoms with Crippen LogP contribution in [0.25, 0.3) is 21.8 Å². The Kier molecular flexibility index (Phi) is 3.97. The molecule has 0 aliphatic carbocycles. The van der Waals surface area contributed by atoms with Gasteiger partial charge in [0.2, 0.25) is 0 Å². The first-order chi connectivity index (χ1) is 11.1. The molecule has 23 heavy (non-hydrogen) atoms. The minimum Gasteiger partial charge on any atom is -0.275 e. The molecule has 6 heteroatoms. The fraction of sp³-hybridized carbons (Fsp3) is 0.0588. The monoisotopic (exact) mass is 306 g/mol. The van der Waals surface area contributed by atoms with E-state index in [9.17, 15) is 10.1 Å². The molecule has 0 aliphatic rings. The van der Waals surface area contributed by atoms with Gasteiger partial charge in [-0.3, -0.25) is 19.8 Å². The quantitative estimate of drug-likeness (QED) is 0.397. The van der Waals surface area contributed by atoms with E-state index in [2.05, 4.69) is 22.2 Å². The van der Waals surface area contributed by atoms with Crippen molar-refractivity contribution in [2.75, 3.05) is 0 Å². The number of nitrogens with zero attached hydrogens (tertiary/aromatic N) is 4. The van der Waals surface area contributed by atoms with E-state index in [0.717, 1.165) is 16.4 Å². The van der Waals surface area contributed by atoms with Gasteiger partial charge in [-0.25, -0.2) is 0 Å². The minimum absolute atomic E-state index is 0.0977. The van der Waals surface area contributed by atoms with Crippen LogP contribution in [0.3, 0.4) is 0 Å². The van der Waals surface area contributed by atoms with Crippen LogP contribution in [0.1, 0.15) is 0 Å². The molecule has 0 amide bonds. The fourth-order valence-corrected chi connectivity index (χ4v) is 2.27. The molecule has 0 bridgehead atoms. The van der Waals surface area contributed by atoms with Crippen LogP contribution in [-0.2, 0) is 7.05 Å². The Hall–Kier alpha value is -3.28. The number of fused-ring (bicyclic) bond motifs is 2. The molecular weight excluding hydrogens is 292 g/mol. The highest BCUT2D eigenvalue weighted by Gasteiger charge is 2.07.